The Balaban J connectivity index is 1.17. The van der Waals surface area contributed by atoms with Gasteiger partial charge in [-0.05, 0) is 31.0 Å². The molecule has 2 aromatic carbocycles. The fraction of sp³-hybridized carbons (Fsp3) is 0.314. The van der Waals surface area contributed by atoms with Crippen molar-refractivity contribution in [3.63, 3.8) is 0 Å². The van der Waals surface area contributed by atoms with Crippen molar-refractivity contribution in [3.8, 4) is 28.3 Å². The molecular formula is C35H36Cl2FN7O3. The summed E-state index contributed by atoms with van der Waals surface area (Å²) in [4.78, 5) is 32.1. The SMILES string of the molecule is COc1nc(-c2cccc(-c3ccnc(Nc4cccc(CNC[C@@H]5CCC(=O)N5)c4F)c3Cl)c2Cl)ccc1CNC[C@H]1CCC(=O)N1. The third kappa shape index (κ3) is 7.71. The Morgan fingerprint density at radius 3 is 2.15 bits per heavy atom. The van der Waals surface area contributed by atoms with Gasteiger partial charge in [0.2, 0.25) is 17.7 Å². The fourth-order valence-corrected chi connectivity index (χ4v) is 6.56. The summed E-state index contributed by atoms with van der Waals surface area (Å²) < 4.78 is 21.1. The number of rotatable bonds is 13. The molecule has 5 N–H and O–H groups in total. The van der Waals surface area contributed by atoms with Gasteiger partial charge in [0, 0.05) is 85.1 Å². The fourth-order valence-electron chi connectivity index (χ4n) is 5.97. The van der Waals surface area contributed by atoms with Gasteiger partial charge in [-0.1, -0.05) is 59.6 Å². The third-order valence-corrected chi connectivity index (χ3v) is 9.29. The van der Waals surface area contributed by atoms with Crippen molar-refractivity contribution in [2.45, 2.75) is 50.9 Å². The second-order valence-electron chi connectivity index (χ2n) is 11.8. The van der Waals surface area contributed by atoms with E-state index < -0.39 is 5.82 Å². The Labute approximate surface area is 288 Å². The van der Waals surface area contributed by atoms with Gasteiger partial charge in [0.05, 0.1) is 28.5 Å². The summed E-state index contributed by atoms with van der Waals surface area (Å²) in [5, 5.41) is 16.2. The summed E-state index contributed by atoms with van der Waals surface area (Å²) in [6, 6.07) is 16.4. The molecule has 2 aromatic heterocycles. The second-order valence-corrected chi connectivity index (χ2v) is 12.6. The topological polar surface area (TPSA) is 129 Å². The number of ether oxygens (including phenoxy) is 1. The third-order valence-electron chi connectivity index (χ3n) is 8.50. The number of nitrogens with one attached hydrogen (secondary N) is 5. The number of carbonyl (C=O) groups is 2. The van der Waals surface area contributed by atoms with E-state index in [0.717, 1.165) is 18.4 Å². The van der Waals surface area contributed by atoms with Gasteiger partial charge in [0.1, 0.15) is 5.82 Å². The molecule has 2 amide bonds. The van der Waals surface area contributed by atoms with Crippen LogP contribution in [-0.2, 0) is 22.7 Å². The number of hydrogen-bond donors (Lipinski definition) is 5. The predicted octanol–water partition coefficient (Wildman–Crippen LogP) is 5.75. The zero-order valence-electron chi connectivity index (χ0n) is 26.3. The average molecular weight is 693 g/mol. The van der Waals surface area contributed by atoms with Crippen LogP contribution in [0.25, 0.3) is 22.4 Å². The van der Waals surface area contributed by atoms with Crippen LogP contribution in [0.15, 0.2) is 60.8 Å². The Hall–Kier alpha value is -4.29. The minimum Gasteiger partial charge on any atom is -0.481 e. The number of pyridine rings is 2. The summed E-state index contributed by atoms with van der Waals surface area (Å²) in [7, 11) is 1.57. The van der Waals surface area contributed by atoms with E-state index in [-0.39, 0.29) is 40.4 Å². The Kier molecular flexibility index (Phi) is 10.7. The van der Waals surface area contributed by atoms with Crippen molar-refractivity contribution >= 4 is 46.5 Å². The number of hydrogen-bond acceptors (Lipinski definition) is 8. The molecule has 0 spiro atoms. The van der Waals surface area contributed by atoms with Gasteiger partial charge >= 0.3 is 0 Å². The molecule has 0 aliphatic carbocycles. The smallest absolute Gasteiger partial charge is 0.220 e. The summed E-state index contributed by atoms with van der Waals surface area (Å²) >= 11 is 13.9. The lowest BCUT2D eigenvalue weighted by molar-refractivity contribution is -0.120. The van der Waals surface area contributed by atoms with E-state index >= 15 is 4.39 Å². The highest BCUT2D eigenvalue weighted by Gasteiger charge is 2.22. The van der Waals surface area contributed by atoms with Crippen LogP contribution in [0.1, 0.15) is 36.8 Å². The molecule has 10 nitrogen and oxygen atoms in total. The monoisotopic (exact) mass is 691 g/mol. The Morgan fingerprint density at radius 1 is 0.833 bits per heavy atom. The molecule has 4 heterocycles. The molecule has 6 rings (SSSR count). The minimum absolute atomic E-state index is 0.0439. The highest BCUT2D eigenvalue weighted by Crippen LogP contribution is 2.41. The van der Waals surface area contributed by atoms with Gasteiger partial charge in [-0.2, -0.15) is 0 Å². The first kappa shape index (κ1) is 33.6. The predicted molar refractivity (Wildman–Crippen MR) is 185 cm³/mol. The van der Waals surface area contributed by atoms with Crippen LogP contribution < -0.4 is 31.3 Å². The number of halogens is 3. The first-order valence-corrected chi connectivity index (χ1v) is 16.6. The number of benzene rings is 2. The standard InChI is InChI=1S/C35H36Cl2FN7O3/c1-48-35-21(17-40-19-23-10-13-30(47)43-23)8-11-27(45-35)26-6-3-5-24(31(26)36)25-14-15-41-34(32(25)37)44-28-7-2-4-20(33(28)38)16-39-18-22-9-12-29(46)42-22/h2-8,11,14-15,22-23,39-40H,9-10,12-13,16-19H2,1H3,(H,41,44)(H,42,46)(H,43,47)/t22-,23+/m0/s1. The number of anilines is 2. The molecule has 0 saturated carbocycles. The number of carbonyl (C=O) groups excluding carboxylic acids is 2. The molecule has 250 valence electrons. The van der Waals surface area contributed by atoms with Crippen molar-refractivity contribution in [2.24, 2.45) is 0 Å². The summed E-state index contributed by atoms with van der Waals surface area (Å²) in [6.45, 7) is 2.04. The molecular weight excluding hydrogens is 656 g/mol. The normalized spacial score (nSPS) is 17.3. The van der Waals surface area contributed by atoms with Crippen molar-refractivity contribution in [2.75, 3.05) is 25.5 Å². The maximum atomic E-state index is 15.5. The number of methoxy groups -OCH3 is 1. The molecule has 2 aliphatic rings. The molecule has 13 heteroatoms. The van der Waals surface area contributed by atoms with Crippen LogP contribution in [0, 0.1) is 5.82 Å². The highest BCUT2D eigenvalue weighted by atomic mass is 35.5. The largest absolute Gasteiger partial charge is 0.481 e. The number of aromatic nitrogens is 2. The van der Waals surface area contributed by atoms with Crippen molar-refractivity contribution < 1.29 is 18.7 Å². The lowest BCUT2D eigenvalue weighted by Gasteiger charge is -2.16. The second kappa shape index (κ2) is 15.3. The first-order valence-electron chi connectivity index (χ1n) is 15.8. The maximum absolute atomic E-state index is 15.5. The molecule has 0 radical (unpaired) electrons. The molecule has 2 aliphatic heterocycles. The molecule has 0 bridgehead atoms. The zero-order valence-corrected chi connectivity index (χ0v) is 27.8. The first-order chi connectivity index (χ1) is 23.3. The Morgan fingerprint density at radius 2 is 1.48 bits per heavy atom. The molecule has 4 aromatic rings. The lowest BCUT2D eigenvalue weighted by atomic mass is 10.0. The minimum atomic E-state index is -0.423. The average Bonchev–Trinajstić information content (AvgIpc) is 3.70. The summed E-state index contributed by atoms with van der Waals surface area (Å²) in [5.74, 6) is 0.453. The quantitative estimate of drug-likeness (QED) is 0.120. The van der Waals surface area contributed by atoms with Crippen molar-refractivity contribution in [3.05, 3.63) is 87.8 Å². The van der Waals surface area contributed by atoms with E-state index in [0.29, 0.717) is 77.9 Å². The highest BCUT2D eigenvalue weighted by molar-refractivity contribution is 6.39. The van der Waals surface area contributed by atoms with Crippen LogP contribution in [0.3, 0.4) is 0 Å². The van der Waals surface area contributed by atoms with E-state index in [2.05, 4.69) is 31.6 Å². The van der Waals surface area contributed by atoms with E-state index in [9.17, 15) is 9.59 Å². The van der Waals surface area contributed by atoms with Crippen LogP contribution in [0.5, 0.6) is 5.88 Å². The Bertz CT molecular complexity index is 1830. The molecule has 2 fully saturated rings. The summed E-state index contributed by atoms with van der Waals surface area (Å²) in [6.07, 6.45) is 4.25. The van der Waals surface area contributed by atoms with E-state index in [4.69, 9.17) is 32.9 Å². The van der Waals surface area contributed by atoms with Gasteiger partial charge < -0.3 is 31.3 Å². The van der Waals surface area contributed by atoms with E-state index in [1.165, 1.54) is 0 Å². The molecule has 2 atom stereocenters. The van der Waals surface area contributed by atoms with Gasteiger partial charge in [0.25, 0.3) is 0 Å². The van der Waals surface area contributed by atoms with E-state index in [1.54, 1.807) is 37.6 Å². The van der Waals surface area contributed by atoms with Gasteiger partial charge in [-0.3, -0.25) is 9.59 Å². The number of nitrogens with zero attached hydrogens (tertiary/aromatic N) is 2. The van der Waals surface area contributed by atoms with Crippen LogP contribution in [0.2, 0.25) is 10.0 Å². The maximum Gasteiger partial charge on any atom is 0.220 e. The molecule has 2 saturated heterocycles. The van der Waals surface area contributed by atoms with Crippen molar-refractivity contribution in [1.82, 2.24) is 31.2 Å². The molecule has 0 unspecified atom stereocenters. The van der Waals surface area contributed by atoms with Gasteiger partial charge in [-0.15, -0.1) is 0 Å². The zero-order chi connectivity index (χ0) is 33.6. The van der Waals surface area contributed by atoms with Gasteiger partial charge in [0.15, 0.2) is 5.82 Å². The number of amides is 2. The van der Waals surface area contributed by atoms with Gasteiger partial charge in [-0.25, -0.2) is 14.4 Å². The van der Waals surface area contributed by atoms with Crippen molar-refractivity contribution in [1.29, 1.82) is 0 Å². The summed E-state index contributed by atoms with van der Waals surface area (Å²) in [5.41, 5.74) is 4.16. The lowest BCUT2D eigenvalue weighted by Crippen LogP contribution is -2.35. The van der Waals surface area contributed by atoms with Crippen LogP contribution in [0.4, 0.5) is 15.9 Å². The van der Waals surface area contributed by atoms with Crippen LogP contribution in [-0.4, -0.2) is 54.1 Å². The molecule has 48 heavy (non-hydrogen) atoms. The van der Waals surface area contributed by atoms with E-state index in [1.807, 2.05) is 30.3 Å². The van der Waals surface area contributed by atoms with Crippen LogP contribution >= 0.6 is 23.2 Å².